The van der Waals surface area contributed by atoms with Crippen molar-refractivity contribution in [2.75, 3.05) is 6.54 Å². The van der Waals surface area contributed by atoms with Crippen LogP contribution in [0.15, 0.2) is 24.3 Å². The van der Waals surface area contributed by atoms with E-state index >= 15 is 0 Å². The number of carbonyl (C=O) groups is 2. The summed E-state index contributed by atoms with van der Waals surface area (Å²) in [7, 11) is 0. The zero-order valence-corrected chi connectivity index (χ0v) is 11.7. The van der Waals surface area contributed by atoms with Gasteiger partial charge in [0.25, 0.3) is 5.91 Å². The van der Waals surface area contributed by atoms with Crippen molar-refractivity contribution in [1.82, 2.24) is 5.32 Å². The Hall–Kier alpha value is -2.32. The summed E-state index contributed by atoms with van der Waals surface area (Å²) in [5.41, 5.74) is 11.0. The van der Waals surface area contributed by atoms with Gasteiger partial charge in [0.1, 0.15) is 0 Å². The lowest BCUT2D eigenvalue weighted by molar-refractivity contribution is -0.119. The van der Waals surface area contributed by atoms with Crippen LogP contribution in [-0.4, -0.2) is 23.9 Å². The molecule has 1 aromatic rings. The molecule has 0 aromatic heterocycles. The Labute approximate surface area is 118 Å². The van der Waals surface area contributed by atoms with Crippen LogP contribution in [-0.2, 0) is 4.79 Å². The molecule has 0 fully saturated rings. The first-order chi connectivity index (χ1) is 9.34. The number of benzene rings is 1. The fourth-order valence-corrected chi connectivity index (χ4v) is 1.72. The normalized spacial score (nSPS) is 10.3. The molecular weight excluding hydrogens is 254 g/mol. The molecule has 5 N–H and O–H groups in total. The SMILES string of the molecule is CC(C)(CC(N)=O)NC(=O)c1ccc(C#CCN)cc1. The number of nitrogens with two attached hydrogens (primary N) is 2. The fourth-order valence-electron chi connectivity index (χ4n) is 1.72. The maximum Gasteiger partial charge on any atom is 0.251 e. The lowest BCUT2D eigenvalue weighted by atomic mass is 9.99. The molecule has 5 nitrogen and oxygen atoms in total. The number of hydrogen-bond acceptors (Lipinski definition) is 3. The summed E-state index contributed by atoms with van der Waals surface area (Å²) < 4.78 is 0. The Morgan fingerprint density at radius 3 is 2.35 bits per heavy atom. The van der Waals surface area contributed by atoms with Gasteiger partial charge >= 0.3 is 0 Å². The fraction of sp³-hybridized carbons (Fsp3) is 0.333. The van der Waals surface area contributed by atoms with E-state index in [0.29, 0.717) is 12.1 Å². The monoisotopic (exact) mass is 273 g/mol. The Balaban J connectivity index is 2.75. The third-order valence-corrected chi connectivity index (χ3v) is 2.55. The standard InChI is InChI=1S/C15H19N3O2/c1-15(2,10-13(17)19)18-14(20)12-7-5-11(6-8-12)4-3-9-16/h5-8H,9-10,16H2,1-2H3,(H2,17,19)(H,18,20). The molecule has 0 saturated carbocycles. The van der Waals surface area contributed by atoms with Gasteiger partial charge in [-0.1, -0.05) is 11.8 Å². The van der Waals surface area contributed by atoms with E-state index in [-0.39, 0.29) is 12.3 Å². The molecule has 0 saturated heterocycles. The predicted octanol–water partition coefficient (Wildman–Crippen LogP) is 0.381. The van der Waals surface area contributed by atoms with Gasteiger partial charge in [-0.2, -0.15) is 0 Å². The molecule has 0 aliphatic rings. The first kappa shape index (κ1) is 15.7. The second-order valence-corrected chi connectivity index (χ2v) is 5.06. The quantitative estimate of drug-likeness (QED) is 0.692. The van der Waals surface area contributed by atoms with Gasteiger partial charge < -0.3 is 16.8 Å². The third kappa shape index (κ3) is 5.12. The van der Waals surface area contributed by atoms with Gasteiger partial charge in [-0.05, 0) is 38.1 Å². The minimum Gasteiger partial charge on any atom is -0.370 e. The molecule has 0 aliphatic heterocycles. The van der Waals surface area contributed by atoms with Gasteiger partial charge in [0, 0.05) is 23.1 Å². The molecule has 106 valence electrons. The molecule has 0 spiro atoms. The molecule has 0 bridgehead atoms. The molecule has 1 aromatic carbocycles. The van der Waals surface area contributed by atoms with Gasteiger partial charge in [0.05, 0.1) is 6.54 Å². The lowest BCUT2D eigenvalue weighted by Crippen LogP contribution is -2.46. The van der Waals surface area contributed by atoms with Crippen LogP contribution >= 0.6 is 0 Å². The molecule has 1 rings (SSSR count). The first-order valence-electron chi connectivity index (χ1n) is 6.24. The van der Waals surface area contributed by atoms with Gasteiger partial charge in [0.15, 0.2) is 0 Å². The van der Waals surface area contributed by atoms with Crippen LogP contribution in [0, 0.1) is 11.8 Å². The maximum absolute atomic E-state index is 12.0. The van der Waals surface area contributed by atoms with E-state index in [9.17, 15) is 9.59 Å². The van der Waals surface area contributed by atoms with Crippen molar-refractivity contribution in [2.24, 2.45) is 11.5 Å². The Bertz CT molecular complexity index is 551. The first-order valence-corrected chi connectivity index (χ1v) is 6.24. The van der Waals surface area contributed by atoms with Gasteiger partial charge in [-0.25, -0.2) is 0 Å². The Morgan fingerprint density at radius 1 is 1.25 bits per heavy atom. The molecule has 0 radical (unpaired) electrons. The number of carbonyl (C=O) groups excluding carboxylic acids is 2. The summed E-state index contributed by atoms with van der Waals surface area (Å²) in [6.07, 6.45) is 0.0821. The Morgan fingerprint density at radius 2 is 1.85 bits per heavy atom. The van der Waals surface area contributed by atoms with Gasteiger partial charge in [0.2, 0.25) is 5.91 Å². The van der Waals surface area contributed by atoms with Gasteiger partial charge in [-0.15, -0.1) is 0 Å². The highest BCUT2D eigenvalue weighted by molar-refractivity contribution is 5.95. The molecule has 2 amide bonds. The third-order valence-electron chi connectivity index (χ3n) is 2.55. The average Bonchev–Trinajstić information content (AvgIpc) is 2.34. The molecule has 0 unspecified atom stereocenters. The Kier molecular flexibility index (Phi) is 5.30. The van der Waals surface area contributed by atoms with Crippen LogP contribution < -0.4 is 16.8 Å². The summed E-state index contributed by atoms with van der Waals surface area (Å²) in [6.45, 7) is 3.79. The topological polar surface area (TPSA) is 98.2 Å². The van der Waals surface area contributed by atoms with Crippen molar-refractivity contribution in [3.05, 3.63) is 35.4 Å². The number of amides is 2. The zero-order chi connectivity index (χ0) is 15.2. The minimum absolute atomic E-state index is 0.0821. The lowest BCUT2D eigenvalue weighted by Gasteiger charge is -2.24. The largest absolute Gasteiger partial charge is 0.370 e. The van der Waals surface area contributed by atoms with E-state index in [4.69, 9.17) is 11.5 Å². The van der Waals surface area contributed by atoms with E-state index in [0.717, 1.165) is 5.56 Å². The van der Waals surface area contributed by atoms with Crippen LogP contribution in [0.3, 0.4) is 0 Å². The smallest absolute Gasteiger partial charge is 0.251 e. The van der Waals surface area contributed by atoms with Crippen LogP contribution in [0.2, 0.25) is 0 Å². The summed E-state index contributed by atoms with van der Waals surface area (Å²) in [5, 5.41) is 2.77. The maximum atomic E-state index is 12.0. The van der Waals surface area contributed by atoms with Crippen molar-refractivity contribution >= 4 is 11.8 Å². The summed E-state index contributed by atoms with van der Waals surface area (Å²) in [5.74, 6) is 4.90. The van der Waals surface area contributed by atoms with Crippen LogP contribution in [0.1, 0.15) is 36.2 Å². The number of rotatable bonds is 4. The van der Waals surface area contributed by atoms with Crippen LogP contribution in [0.5, 0.6) is 0 Å². The van der Waals surface area contributed by atoms with Crippen molar-refractivity contribution < 1.29 is 9.59 Å². The summed E-state index contributed by atoms with van der Waals surface area (Å²) in [6, 6.07) is 6.85. The minimum atomic E-state index is -0.680. The van der Waals surface area contributed by atoms with Gasteiger partial charge in [-0.3, -0.25) is 9.59 Å². The van der Waals surface area contributed by atoms with Crippen molar-refractivity contribution in [2.45, 2.75) is 25.8 Å². The highest BCUT2D eigenvalue weighted by Gasteiger charge is 2.23. The molecule has 20 heavy (non-hydrogen) atoms. The average molecular weight is 273 g/mol. The molecule has 5 heteroatoms. The molecular formula is C15H19N3O2. The number of nitrogens with one attached hydrogen (secondary N) is 1. The predicted molar refractivity (Wildman–Crippen MR) is 77.7 cm³/mol. The second-order valence-electron chi connectivity index (χ2n) is 5.06. The highest BCUT2D eigenvalue weighted by Crippen LogP contribution is 2.10. The van der Waals surface area contributed by atoms with E-state index in [1.807, 2.05) is 0 Å². The molecule has 0 heterocycles. The number of hydrogen-bond donors (Lipinski definition) is 3. The molecule has 0 atom stereocenters. The van der Waals surface area contributed by atoms with Crippen molar-refractivity contribution in [3.8, 4) is 11.8 Å². The van der Waals surface area contributed by atoms with Crippen molar-refractivity contribution in [3.63, 3.8) is 0 Å². The van der Waals surface area contributed by atoms with Crippen molar-refractivity contribution in [1.29, 1.82) is 0 Å². The van der Waals surface area contributed by atoms with Crippen LogP contribution in [0.4, 0.5) is 0 Å². The van der Waals surface area contributed by atoms with Crippen LogP contribution in [0.25, 0.3) is 0 Å². The highest BCUT2D eigenvalue weighted by atomic mass is 16.2. The van der Waals surface area contributed by atoms with E-state index in [1.165, 1.54) is 0 Å². The number of primary amides is 1. The summed E-state index contributed by atoms with van der Waals surface area (Å²) >= 11 is 0. The second kappa shape index (κ2) is 6.73. The zero-order valence-electron chi connectivity index (χ0n) is 11.7. The molecule has 0 aliphatic carbocycles. The van der Waals surface area contributed by atoms with E-state index < -0.39 is 11.4 Å². The van der Waals surface area contributed by atoms with E-state index in [1.54, 1.807) is 38.1 Å². The summed E-state index contributed by atoms with van der Waals surface area (Å²) in [4.78, 5) is 23.0. The van der Waals surface area contributed by atoms with E-state index in [2.05, 4.69) is 17.2 Å².